The maximum Gasteiger partial charge on any atom is 0.119 e. The largest absolute Gasteiger partial charge is 0.497 e. The smallest absolute Gasteiger partial charge is 0.119 e. The molecular formula is C24H31NO. The Balaban J connectivity index is 1.82. The van der Waals surface area contributed by atoms with Gasteiger partial charge in [0, 0.05) is 18.3 Å². The van der Waals surface area contributed by atoms with Crippen molar-refractivity contribution in [3.05, 3.63) is 59.7 Å². The zero-order valence-electron chi connectivity index (χ0n) is 16.5. The molecule has 1 saturated carbocycles. The molecule has 0 spiro atoms. The molecule has 26 heavy (non-hydrogen) atoms. The maximum absolute atomic E-state index is 5.56. The van der Waals surface area contributed by atoms with Crippen molar-refractivity contribution in [2.75, 3.05) is 12.0 Å². The Labute approximate surface area is 158 Å². The van der Waals surface area contributed by atoms with Gasteiger partial charge in [0.05, 0.1) is 7.11 Å². The van der Waals surface area contributed by atoms with E-state index in [0.29, 0.717) is 12.0 Å². The quantitative estimate of drug-likeness (QED) is 0.694. The molecule has 0 N–H and O–H groups in total. The zero-order valence-corrected chi connectivity index (χ0v) is 16.5. The van der Waals surface area contributed by atoms with Crippen LogP contribution in [0.2, 0.25) is 0 Å². The van der Waals surface area contributed by atoms with E-state index in [1.54, 1.807) is 7.11 Å². The van der Waals surface area contributed by atoms with E-state index in [2.05, 4.69) is 74.2 Å². The van der Waals surface area contributed by atoms with Gasteiger partial charge in [-0.25, -0.2) is 0 Å². The zero-order chi connectivity index (χ0) is 18.3. The third-order valence-electron chi connectivity index (χ3n) is 6.81. The SMILES string of the molecule is COc1ccc2c(c1)C(C)(C)[C@@H]1CC[C@@H](C)C[C@@H]1N2Cc1ccccc1. The first-order chi connectivity index (χ1) is 12.5. The fourth-order valence-electron chi connectivity index (χ4n) is 5.31. The molecule has 4 rings (SSSR count). The number of hydrogen-bond acceptors (Lipinski definition) is 2. The van der Waals surface area contributed by atoms with Crippen molar-refractivity contribution in [1.29, 1.82) is 0 Å². The normalized spacial score (nSPS) is 26.8. The summed E-state index contributed by atoms with van der Waals surface area (Å²) in [6, 6.07) is 18.2. The highest BCUT2D eigenvalue weighted by Crippen LogP contribution is 2.52. The molecule has 2 heteroatoms. The van der Waals surface area contributed by atoms with E-state index in [-0.39, 0.29) is 5.41 Å². The average Bonchev–Trinajstić information content (AvgIpc) is 2.65. The summed E-state index contributed by atoms with van der Waals surface area (Å²) in [7, 11) is 1.77. The highest BCUT2D eigenvalue weighted by atomic mass is 16.5. The minimum atomic E-state index is 0.182. The number of benzene rings is 2. The number of nitrogens with zero attached hydrogens (tertiary/aromatic N) is 1. The van der Waals surface area contributed by atoms with Gasteiger partial charge in [-0.05, 0) is 59.4 Å². The van der Waals surface area contributed by atoms with Crippen LogP contribution in [0.4, 0.5) is 5.69 Å². The van der Waals surface area contributed by atoms with Crippen molar-refractivity contribution in [3.63, 3.8) is 0 Å². The number of hydrogen-bond donors (Lipinski definition) is 0. The van der Waals surface area contributed by atoms with Gasteiger partial charge in [0.1, 0.15) is 5.75 Å². The van der Waals surface area contributed by atoms with E-state index < -0.39 is 0 Å². The van der Waals surface area contributed by atoms with Crippen LogP contribution in [0.25, 0.3) is 0 Å². The first-order valence-electron chi connectivity index (χ1n) is 10.00. The van der Waals surface area contributed by atoms with Gasteiger partial charge in [0.25, 0.3) is 0 Å². The molecule has 2 nitrogen and oxygen atoms in total. The average molecular weight is 350 g/mol. The van der Waals surface area contributed by atoms with E-state index in [1.165, 1.54) is 36.1 Å². The molecule has 0 amide bonds. The molecular weight excluding hydrogens is 318 g/mol. The molecule has 2 aromatic rings. The Kier molecular flexibility index (Phi) is 4.46. The van der Waals surface area contributed by atoms with E-state index >= 15 is 0 Å². The Bertz CT molecular complexity index is 767. The lowest BCUT2D eigenvalue weighted by molar-refractivity contribution is 0.151. The van der Waals surface area contributed by atoms with Gasteiger partial charge in [0.2, 0.25) is 0 Å². The molecule has 1 fully saturated rings. The fourth-order valence-corrected chi connectivity index (χ4v) is 5.31. The molecule has 0 saturated heterocycles. The number of ether oxygens (including phenoxy) is 1. The van der Waals surface area contributed by atoms with Crippen molar-refractivity contribution in [3.8, 4) is 5.75 Å². The third kappa shape index (κ3) is 2.90. The lowest BCUT2D eigenvalue weighted by Crippen LogP contribution is -2.54. The van der Waals surface area contributed by atoms with Gasteiger partial charge >= 0.3 is 0 Å². The van der Waals surface area contributed by atoms with Crippen molar-refractivity contribution < 1.29 is 4.74 Å². The first-order valence-corrected chi connectivity index (χ1v) is 10.00. The topological polar surface area (TPSA) is 12.5 Å². The first kappa shape index (κ1) is 17.5. The summed E-state index contributed by atoms with van der Waals surface area (Å²) >= 11 is 0. The predicted octanol–water partition coefficient (Wildman–Crippen LogP) is 5.80. The highest BCUT2D eigenvalue weighted by Gasteiger charge is 2.47. The second kappa shape index (κ2) is 6.64. The van der Waals surface area contributed by atoms with Crippen LogP contribution < -0.4 is 9.64 Å². The second-order valence-corrected chi connectivity index (χ2v) is 8.81. The molecule has 3 atom stereocenters. The summed E-state index contributed by atoms with van der Waals surface area (Å²) in [5.74, 6) is 2.48. The summed E-state index contributed by atoms with van der Waals surface area (Å²) in [5, 5.41) is 0. The molecule has 0 bridgehead atoms. The fraction of sp³-hybridized carbons (Fsp3) is 0.500. The van der Waals surface area contributed by atoms with Crippen molar-refractivity contribution in [2.45, 2.75) is 58.0 Å². The number of rotatable bonds is 3. The van der Waals surface area contributed by atoms with Crippen LogP contribution >= 0.6 is 0 Å². The van der Waals surface area contributed by atoms with E-state index in [4.69, 9.17) is 4.74 Å². The predicted molar refractivity (Wildman–Crippen MR) is 109 cm³/mol. The summed E-state index contributed by atoms with van der Waals surface area (Å²) in [4.78, 5) is 2.69. The molecule has 0 radical (unpaired) electrons. The standard InChI is InChI=1S/C24H31NO/c1-17-10-12-20-23(14-17)25(16-18-8-6-5-7-9-18)22-13-11-19(26-4)15-21(22)24(20,2)3/h5-9,11,13,15,17,20,23H,10,12,14,16H2,1-4H3/t17-,20-,23+/m1/s1. The van der Waals surface area contributed by atoms with Crippen LogP contribution in [-0.2, 0) is 12.0 Å². The molecule has 1 heterocycles. The number of anilines is 1. The summed E-state index contributed by atoms with van der Waals surface area (Å²) < 4.78 is 5.56. The van der Waals surface area contributed by atoms with Gasteiger partial charge < -0.3 is 9.64 Å². The van der Waals surface area contributed by atoms with Crippen LogP contribution in [0.3, 0.4) is 0 Å². The number of methoxy groups -OCH3 is 1. The lowest BCUT2D eigenvalue weighted by Gasteiger charge is -2.55. The summed E-state index contributed by atoms with van der Waals surface area (Å²) in [6.45, 7) is 8.30. The van der Waals surface area contributed by atoms with Gasteiger partial charge in [-0.15, -0.1) is 0 Å². The van der Waals surface area contributed by atoms with Gasteiger partial charge in [-0.2, -0.15) is 0 Å². The van der Waals surface area contributed by atoms with Gasteiger partial charge in [-0.3, -0.25) is 0 Å². The van der Waals surface area contributed by atoms with Gasteiger partial charge in [-0.1, -0.05) is 57.5 Å². The van der Waals surface area contributed by atoms with Crippen molar-refractivity contribution >= 4 is 5.69 Å². The van der Waals surface area contributed by atoms with Crippen LogP contribution in [0, 0.1) is 11.8 Å². The molecule has 2 aromatic carbocycles. The minimum Gasteiger partial charge on any atom is -0.497 e. The Morgan fingerprint density at radius 3 is 2.58 bits per heavy atom. The minimum absolute atomic E-state index is 0.182. The Morgan fingerprint density at radius 2 is 1.85 bits per heavy atom. The third-order valence-corrected chi connectivity index (χ3v) is 6.81. The van der Waals surface area contributed by atoms with Crippen LogP contribution in [0.5, 0.6) is 5.75 Å². The molecule has 0 aromatic heterocycles. The van der Waals surface area contributed by atoms with Crippen LogP contribution in [-0.4, -0.2) is 13.2 Å². The monoisotopic (exact) mass is 349 g/mol. The summed E-state index contributed by atoms with van der Waals surface area (Å²) in [5.41, 5.74) is 4.42. The Hall–Kier alpha value is -1.96. The number of fused-ring (bicyclic) bond motifs is 2. The van der Waals surface area contributed by atoms with E-state index in [0.717, 1.165) is 18.2 Å². The van der Waals surface area contributed by atoms with Crippen LogP contribution in [0.1, 0.15) is 51.2 Å². The Morgan fingerprint density at radius 1 is 1.08 bits per heavy atom. The van der Waals surface area contributed by atoms with Crippen LogP contribution in [0.15, 0.2) is 48.5 Å². The van der Waals surface area contributed by atoms with E-state index in [1.807, 2.05) is 0 Å². The van der Waals surface area contributed by atoms with Gasteiger partial charge in [0.15, 0.2) is 0 Å². The van der Waals surface area contributed by atoms with Crippen molar-refractivity contribution in [2.24, 2.45) is 11.8 Å². The second-order valence-electron chi connectivity index (χ2n) is 8.81. The molecule has 138 valence electrons. The molecule has 1 aliphatic heterocycles. The van der Waals surface area contributed by atoms with Crippen molar-refractivity contribution in [1.82, 2.24) is 0 Å². The highest BCUT2D eigenvalue weighted by molar-refractivity contribution is 5.63. The molecule has 0 unspecified atom stereocenters. The molecule has 2 aliphatic rings. The lowest BCUT2D eigenvalue weighted by atomic mass is 9.60. The maximum atomic E-state index is 5.56. The molecule has 1 aliphatic carbocycles. The van der Waals surface area contributed by atoms with E-state index in [9.17, 15) is 0 Å². The summed E-state index contributed by atoms with van der Waals surface area (Å²) in [6.07, 6.45) is 3.97.